The second-order valence-corrected chi connectivity index (χ2v) is 24.1. The third-order valence-corrected chi connectivity index (χ3v) is 17.5. The first kappa shape index (κ1) is 72.5. The Morgan fingerprint density at radius 3 is 0.750 bits per heavy atom. The van der Waals surface area contributed by atoms with Crippen LogP contribution < -0.4 is 9.80 Å². The molecule has 2 atom stereocenters. The van der Waals surface area contributed by atoms with Gasteiger partial charge in [0.1, 0.15) is 0 Å². The fourth-order valence-corrected chi connectivity index (χ4v) is 12.4. The van der Waals surface area contributed by atoms with Crippen LogP contribution in [0.25, 0.3) is 0 Å². The van der Waals surface area contributed by atoms with Gasteiger partial charge in [0.15, 0.2) is 0 Å². The Kier molecular flexibility index (Phi) is 31.2. The number of aliphatic hydroxyl groups is 9. The van der Waals surface area contributed by atoms with Gasteiger partial charge in [0.25, 0.3) is 0 Å². The predicted molar refractivity (Wildman–Crippen MR) is 376 cm³/mol. The summed E-state index contributed by atoms with van der Waals surface area (Å²) in [5.41, 5.74) is 15.9. The first-order chi connectivity index (χ1) is 45.0. The van der Waals surface area contributed by atoms with Crippen LogP contribution >= 0.6 is 34.8 Å². The number of aliphatic hydroxyl groups excluding tert-OH is 9. The van der Waals surface area contributed by atoms with Crippen LogP contribution in [0.15, 0.2) is 224 Å². The molecule has 486 valence electrons. The maximum atomic E-state index is 9.40. The van der Waals surface area contributed by atoms with Gasteiger partial charge in [-0.05, 0) is 178 Å². The lowest BCUT2D eigenvalue weighted by Crippen LogP contribution is -2.29. The molecule has 0 aromatic heterocycles. The highest BCUT2D eigenvalue weighted by Gasteiger charge is 2.22. The molecule has 9 aromatic rings. The van der Waals surface area contributed by atoms with Gasteiger partial charge in [-0.25, -0.2) is 0 Å². The summed E-state index contributed by atoms with van der Waals surface area (Å²) in [6.45, 7) is 2.74. The average molecular weight is 1300 g/mol. The zero-order valence-corrected chi connectivity index (χ0v) is 54.5. The molecule has 0 bridgehead atoms. The van der Waals surface area contributed by atoms with E-state index in [2.05, 4.69) is 158 Å². The maximum Gasteiger partial charge on any atom is 0.0606 e. The van der Waals surface area contributed by atoms with Gasteiger partial charge in [0.2, 0.25) is 0 Å². The summed E-state index contributed by atoms with van der Waals surface area (Å²) in [5.74, 6) is 0.451. The number of rotatable bonds is 32. The molecule has 0 aliphatic heterocycles. The minimum atomic E-state index is 0.0173. The minimum Gasteiger partial charge on any atom is -0.396 e. The lowest BCUT2D eigenvalue weighted by Gasteiger charge is -2.24. The van der Waals surface area contributed by atoms with E-state index in [-0.39, 0.29) is 89.1 Å². The number of hydrogen-bond donors (Lipinski definition) is 9. The molecule has 0 aliphatic carbocycles. The minimum absolute atomic E-state index is 0.0173. The van der Waals surface area contributed by atoms with E-state index in [4.69, 9.17) is 39.9 Å². The van der Waals surface area contributed by atoms with Gasteiger partial charge < -0.3 is 55.8 Å². The Morgan fingerprint density at radius 2 is 0.489 bits per heavy atom. The van der Waals surface area contributed by atoms with E-state index in [9.17, 15) is 40.9 Å². The van der Waals surface area contributed by atoms with Crippen molar-refractivity contribution in [2.75, 3.05) is 95.4 Å². The van der Waals surface area contributed by atoms with Crippen LogP contribution in [0.4, 0.5) is 11.4 Å². The summed E-state index contributed by atoms with van der Waals surface area (Å²) in [4.78, 5) is 3.95. The van der Waals surface area contributed by atoms with Gasteiger partial charge in [0, 0.05) is 103 Å². The maximum absolute atomic E-state index is 9.40. The first-order valence-corrected chi connectivity index (χ1v) is 32.9. The Hall–Kier alpha value is -6.91. The van der Waals surface area contributed by atoms with Crippen LogP contribution in [0.2, 0.25) is 15.1 Å². The number of halogens is 3. The van der Waals surface area contributed by atoms with Crippen LogP contribution in [0, 0.1) is 0 Å². The summed E-state index contributed by atoms with van der Waals surface area (Å²) >= 11 is 18.4. The van der Waals surface area contributed by atoms with Crippen molar-refractivity contribution in [2.45, 2.75) is 68.1 Å². The smallest absolute Gasteiger partial charge is 0.0606 e. The average Bonchev–Trinajstić information content (AvgIpc) is 0.940. The van der Waals surface area contributed by atoms with Gasteiger partial charge in [-0.3, -0.25) is 0 Å². The first-order valence-electron chi connectivity index (χ1n) is 31.8. The normalized spacial score (nSPS) is 11.9. The van der Waals surface area contributed by atoms with E-state index in [1.54, 1.807) is 0 Å². The zero-order valence-electron chi connectivity index (χ0n) is 52.2. The van der Waals surface area contributed by atoms with Gasteiger partial charge in [-0.2, -0.15) is 0 Å². The Bertz CT molecular complexity index is 3360. The molecule has 0 amide bonds. The SMILES string of the molecule is OCCC(CCO)c1ccc(C(c2ccc(Cl)cc2)c2ccc(C(CCO)CCO)cc2)cc1.OCCCc1ccc(C(c2ccc(Cl)cc2)c2ccc(N(CCO)CCO)cc2)cc1.OCCN(CCO)c1ccc(C(c2ccccc2)c2ccc(Cl)cc2)cc1. The highest BCUT2D eigenvalue weighted by Crippen LogP contribution is 2.38. The van der Waals surface area contributed by atoms with Crippen molar-refractivity contribution >= 4 is 46.2 Å². The number of nitrogens with zero attached hydrogens (tertiary/aromatic N) is 2. The second kappa shape index (κ2) is 39.6. The van der Waals surface area contributed by atoms with Crippen molar-refractivity contribution in [1.29, 1.82) is 0 Å². The molecule has 11 nitrogen and oxygen atoms in total. The van der Waals surface area contributed by atoms with E-state index in [1.807, 2.05) is 76.5 Å². The summed E-state index contributed by atoms with van der Waals surface area (Å²) < 4.78 is 0. The largest absolute Gasteiger partial charge is 0.396 e. The summed E-state index contributed by atoms with van der Waals surface area (Å²) in [5, 5.41) is 85.9. The van der Waals surface area contributed by atoms with Gasteiger partial charge in [-0.1, -0.05) is 199 Å². The molecule has 9 aromatic carbocycles. The van der Waals surface area contributed by atoms with Crippen molar-refractivity contribution in [3.63, 3.8) is 0 Å². The van der Waals surface area contributed by atoms with Crippen LogP contribution in [-0.4, -0.2) is 132 Å². The Balaban J connectivity index is 0.000000197. The molecule has 0 fully saturated rings. The number of aryl methyl sites for hydroxylation is 1. The molecule has 9 rings (SSSR count). The van der Waals surface area contributed by atoms with Crippen molar-refractivity contribution in [2.24, 2.45) is 0 Å². The molecule has 0 heterocycles. The Labute approximate surface area is 558 Å². The number of benzene rings is 9. The molecule has 9 N–H and O–H groups in total. The summed E-state index contributed by atoms with van der Waals surface area (Å²) in [6, 6.07) is 76.3. The van der Waals surface area contributed by atoms with Crippen LogP contribution in [0.5, 0.6) is 0 Å². The zero-order chi connectivity index (χ0) is 65.5. The highest BCUT2D eigenvalue weighted by atomic mass is 35.5. The van der Waals surface area contributed by atoms with E-state index < -0.39 is 0 Å². The third kappa shape index (κ3) is 21.6. The monoisotopic (exact) mass is 1300 g/mol. The second-order valence-electron chi connectivity index (χ2n) is 22.8. The molecule has 0 spiro atoms. The molecule has 0 saturated carbocycles. The van der Waals surface area contributed by atoms with Gasteiger partial charge in [0.05, 0.1) is 26.4 Å². The molecular weight excluding hydrogens is 1220 g/mol. The third-order valence-electron chi connectivity index (χ3n) is 16.7. The molecule has 0 aliphatic rings. The lowest BCUT2D eigenvalue weighted by molar-refractivity contribution is 0.241. The number of hydrogen-bond acceptors (Lipinski definition) is 11. The van der Waals surface area contributed by atoms with Gasteiger partial charge >= 0.3 is 0 Å². The van der Waals surface area contributed by atoms with Crippen LogP contribution in [0.1, 0.15) is 128 Å². The predicted octanol–water partition coefficient (Wildman–Crippen LogP) is 13.8. The highest BCUT2D eigenvalue weighted by molar-refractivity contribution is 6.31. The van der Waals surface area contributed by atoms with E-state index >= 15 is 0 Å². The Morgan fingerprint density at radius 1 is 0.250 bits per heavy atom. The van der Waals surface area contributed by atoms with Crippen molar-refractivity contribution < 1.29 is 46.0 Å². The van der Waals surface area contributed by atoms with Crippen molar-refractivity contribution in [3.05, 3.63) is 306 Å². The molecular formula is C78H89Cl3N2O9. The standard InChI is InChI=1S/C29H35ClO4.C26H30ClNO3.C23H24ClNO2/c30-28-11-9-27(10-12-28)29(25-5-1-21(2-6-25)23(13-17-31)14-18-32)26-7-3-22(4-8-26)24(15-19-33)16-20-34;27-24-11-7-22(8-12-24)26(21-5-3-20(4-6-21)2-1-17-29)23-9-13-25(14-10-23)28(15-18-30)16-19-31;24-21-10-6-19(7-11-21)23(18-4-2-1-3-5-18)20-8-12-22(13-9-20)25(14-16-26)15-17-27/h1-12,23-24,29,31-34H,13-20H2;3-14,26,29-31H,1-2,15-19H2;1-13,23,26-27H,14-17H2. The van der Waals surface area contributed by atoms with Crippen molar-refractivity contribution in [1.82, 2.24) is 0 Å². The van der Waals surface area contributed by atoms with Crippen molar-refractivity contribution in [3.8, 4) is 0 Å². The van der Waals surface area contributed by atoms with Crippen LogP contribution in [-0.2, 0) is 6.42 Å². The molecule has 14 heteroatoms. The van der Waals surface area contributed by atoms with Crippen LogP contribution in [0.3, 0.4) is 0 Å². The topological polar surface area (TPSA) is 189 Å². The van der Waals surface area contributed by atoms with Gasteiger partial charge in [-0.15, -0.1) is 0 Å². The summed E-state index contributed by atoms with van der Waals surface area (Å²) in [6.07, 6.45) is 4.15. The molecule has 92 heavy (non-hydrogen) atoms. The lowest BCUT2D eigenvalue weighted by atomic mass is 9.82. The quantitative estimate of drug-likeness (QED) is 0.0183. The number of anilines is 2. The molecule has 0 saturated heterocycles. The van der Waals surface area contributed by atoms with E-state index in [0.29, 0.717) is 61.9 Å². The van der Waals surface area contributed by atoms with E-state index in [0.717, 1.165) is 68.2 Å². The molecule has 0 radical (unpaired) electrons. The summed E-state index contributed by atoms with van der Waals surface area (Å²) in [7, 11) is 0. The fourth-order valence-electron chi connectivity index (χ4n) is 12.0. The van der Waals surface area contributed by atoms with E-state index in [1.165, 1.54) is 27.8 Å². The fraction of sp³-hybridized carbons (Fsp3) is 0.308. The molecule has 2 unspecified atom stereocenters.